The van der Waals surface area contributed by atoms with Crippen molar-refractivity contribution in [3.63, 3.8) is 0 Å². The van der Waals surface area contributed by atoms with Crippen molar-refractivity contribution in [1.29, 1.82) is 0 Å². The highest BCUT2D eigenvalue weighted by Gasteiger charge is 2.19. The van der Waals surface area contributed by atoms with E-state index in [0.29, 0.717) is 19.3 Å². The number of carbonyl (C=O) groups excluding carboxylic acids is 3. The van der Waals surface area contributed by atoms with Crippen LogP contribution in [-0.2, 0) is 28.6 Å². The first-order valence-electron chi connectivity index (χ1n) is 32.3. The predicted molar refractivity (Wildman–Crippen MR) is 321 cm³/mol. The lowest BCUT2D eigenvalue weighted by Gasteiger charge is -2.18. The second-order valence-electron chi connectivity index (χ2n) is 21.7. The highest BCUT2D eigenvalue weighted by atomic mass is 16.6. The zero-order valence-corrected chi connectivity index (χ0v) is 49.4. The molecular formula is C68H122O6. The van der Waals surface area contributed by atoms with Crippen molar-refractivity contribution in [2.75, 3.05) is 13.2 Å². The van der Waals surface area contributed by atoms with E-state index >= 15 is 0 Å². The van der Waals surface area contributed by atoms with Crippen molar-refractivity contribution in [3.05, 3.63) is 60.8 Å². The predicted octanol–water partition coefficient (Wildman–Crippen LogP) is 21.9. The maximum absolute atomic E-state index is 12.9. The van der Waals surface area contributed by atoms with E-state index in [2.05, 4.69) is 81.5 Å². The fourth-order valence-electron chi connectivity index (χ4n) is 9.32. The Morgan fingerprint density at radius 1 is 0.270 bits per heavy atom. The second kappa shape index (κ2) is 62.6. The summed E-state index contributed by atoms with van der Waals surface area (Å²) >= 11 is 0. The van der Waals surface area contributed by atoms with Crippen molar-refractivity contribution in [1.82, 2.24) is 0 Å². The van der Waals surface area contributed by atoms with Gasteiger partial charge in [0.1, 0.15) is 13.2 Å². The lowest BCUT2D eigenvalue weighted by molar-refractivity contribution is -0.167. The van der Waals surface area contributed by atoms with Gasteiger partial charge >= 0.3 is 17.9 Å². The molecule has 430 valence electrons. The van der Waals surface area contributed by atoms with E-state index in [1.165, 1.54) is 218 Å². The molecule has 0 fully saturated rings. The molecule has 1 atom stereocenters. The van der Waals surface area contributed by atoms with Gasteiger partial charge in [-0.25, -0.2) is 0 Å². The first-order chi connectivity index (χ1) is 36.5. The highest BCUT2D eigenvalue weighted by molar-refractivity contribution is 5.71. The molecular weight excluding hydrogens is 913 g/mol. The van der Waals surface area contributed by atoms with Crippen LogP contribution in [0.4, 0.5) is 0 Å². The van der Waals surface area contributed by atoms with Crippen LogP contribution in [0.5, 0.6) is 0 Å². The third kappa shape index (κ3) is 60.0. The minimum absolute atomic E-state index is 0.0794. The fraction of sp³-hybridized carbons (Fsp3) is 0.809. The number of carbonyl (C=O) groups is 3. The summed E-state index contributed by atoms with van der Waals surface area (Å²) in [5.41, 5.74) is 0. The van der Waals surface area contributed by atoms with Gasteiger partial charge in [-0.1, -0.05) is 268 Å². The third-order valence-corrected chi connectivity index (χ3v) is 14.2. The van der Waals surface area contributed by atoms with Crippen molar-refractivity contribution in [2.24, 2.45) is 0 Å². The molecule has 0 bridgehead atoms. The average Bonchev–Trinajstić information content (AvgIpc) is 3.40. The van der Waals surface area contributed by atoms with E-state index < -0.39 is 6.10 Å². The minimum atomic E-state index is -0.783. The summed E-state index contributed by atoms with van der Waals surface area (Å²) in [4.78, 5) is 38.3. The first kappa shape index (κ1) is 71.1. The van der Waals surface area contributed by atoms with Gasteiger partial charge in [-0.2, -0.15) is 0 Å². The normalized spacial score (nSPS) is 12.4. The van der Waals surface area contributed by atoms with Gasteiger partial charge in [0.2, 0.25) is 0 Å². The molecule has 0 heterocycles. The molecule has 0 aliphatic heterocycles. The smallest absolute Gasteiger partial charge is 0.306 e. The Labute approximate surface area is 460 Å². The molecule has 0 saturated carbocycles. The molecule has 0 N–H and O–H groups in total. The van der Waals surface area contributed by atoms with Crippen LogP contribution in [-0.4, -0.2) is 37.2 Å². The molecule has 0 aromatic heterocycles. The summed E-state index contributed by atoms with van der Waals surface area (Å²) in [6.45, 7) is 6.64. The van der Waals surface area contributed by atoms with Gasteiger partial charge in [0.15, 0.2) is 6.10 Å². The van der Waals surface area contributed by atoms with E-state index in [0.717, 1.165) is 77.0 Å². The second-order valence-corrected chi connectivity index (χ2v) is 21.7. The quantitative estimate of drug-likeness (QED) is 0.0261. The van der Waals surface area contributed by atoms with Crippen molar-refractivity contribution in [3.8, 4) is 0 Å². The summed E-state index contributed by atoms with van der Waals surface area (Å²) in [5.74, 6) is -0.878. The summed E-state index contributed by atoms with van der Waals surface area (Å²) in [5, 5.41) is 0. The molecule has 0 saturated heterocycles. The standard InChI is InChI=1S/C68H122O6/c1-4-7-10-13-16-19-22-25-28-31-33-34-35-38-40-43-46-49-52-55-58-61-67(70)73-64-65(63-72-66(69)60-57-54-51-48-45-42-39-36-30-27-24-21-18-15-12-9-6-3)74-68(71)62-59-56-53-50-47-44-41-37-32-29-26-23-20-17-14-11-8-5-2/h20,22-23,25,27,29-33,65H,4-19,21,24,26,28,34-64H2,1-3H3/b23-20-,25-22-,30-27-,32-29-,33-31-. The summed E-state index contributed by atoms with van der Waals surface area (Å²) < 4.78 is 16.9. The van der Waals surface area contributed by atoms with Gasteiger partial charge in [0.05, 0.1) is 0 Å². The Bertz CT molecular complexity index is 1330. The fourth-order valence-corrected chi connectivity index (χ4v) is 9.32. The number of unbranched alkanes of at least 4 members (excludes halogenated alkanes) is 38. The van der Waals surface area contributed by atoms with E-state index in [4.69, 9.17) is 14.2 Å². The zero-order valence-electron chi connectivity index (χ0n) is 49.4. The van der Waals surface area contributed by atoms with Gasteiger partial charge in [0, 0.05) is 19.3 Å². The van der Waals surface area contributed by atoms with Crippen LogP contribution in [0.15, 0.2) is 60.8 Å². The molecule has 0 spiro atoms. The summed E-state index contributed by atoms with van der Waals surface area (Å²) in [6.07, 6.45) is 79.3. The van der Waals surface area contributed by atoms with Crippen molar-refractivity contribution >= 4 is 17.9 Å². The van der Waals surface area contributed by atoms with Crippen LogP contribution in [0.3, 0.4) is 0 Å². The largest absolute Gasteiger partial charge is 0.462 e. The van der Waals surface area contributed by atoms with Crippen LogP contribution in [0.2, 0.25) is 0 Å². The van der Waals surface area contributed by atoms with E-state index in [1.807, 2.05) is 0 Å². The maximum Gasteiger partial charge on any atom is 0.306 e. The number of hydrogen-bond acceptors (Lipinski definition) is 6. The van der Waals surface area contributed by atoms with Gasteiger partial charge < -0.3 is 14.2 Å². The van der Waals surface area contributed by atoms with Gasteiger partial charge in [-0.15, -0.1) is 0 Å². The van der Waals surface area contributed by atoms with Gasteiger partial charge in [0.25, 0.3) is 0 Å². The van der Waals surface area contributed by atoms with Crippen LogP contribution in [0.25, 0.3) is 0 Å². The summed E-state index contributed by atoms with van der Waals surface area (Å²) in [6, 6.07) is 0. The minimum Gasteiger partial charge on any atom is -0.462 e. The molecule has 0 radical (unpaired) electrons. The monoisotopic (exact) mass is 1030 g/mol. The Balaban J connectivity index is 4.38. The number of esters is 3. The molecule has 6 heteroatoms. The SMILES string of the molecule is CCCCCC/C=C\C/C=C\CCCCCCCCCC(=O)OC(COC(=O)CCCCCCCCC/C=C\CCCCCCCC)COC(=O)CCCCCCCCCCC/C=C\C/C=C\CCCCCCC. The number of hydrogen-bond donors (Lipinski definition) is 0. The van der Waals surface area contributed by atoms with E-state index in [-0.39, 0.29) is 31.1 Å². The molecule has 1 unspecified atom stereocenters. The average molecular weight is 1040 g/mol. The molecule has 74 heavy (non-hydrogen) atoms. The molecule has 0 amide bonds. The Hall–Kier alpha value is -2.89. The van der Waals surface area contributed by atoms with Gasteiger partial charge in [-0.05, 0) is 109 Å². The van der Waals surface area contributed by atoms with Crippen LogP contribution >= 0.6 is 0 Å². The lowest BCUT2D eigenvalue weighted by Crippen LogP contribution is -2.30. The summed E-state index contributed by atoms with van der Waals surface area (Å²) in [7, 11) is 0. The van der Waals surface area contributed by atoms with Gasteiger partial charge in [-0.3, -0.25) is 14.4 Å². The Morgan fingerprint density at radius 2 is 0.486 bits per heavy atom. The Kier molecular flexibility index (Phi) is 60.2. The molecule has 0 aliphatic carbocycles. The highest BCUT2D eigenvalue weighted by Crippen LogP contribution is 2.16. The molecule has 0 aromatic rings. The molecule has 0 aromatic carbocycles. The number of ether oxygens (including phenoxy) is 3. The van der Waals surface area contributed by atoms with Crippen molar-refractivity contribution in [2.45, 2.75) is 341 Å². The first-order valence-corrected chi connectivity index (χ1v) is 32.3. The van der Waals surface area contributed by atoms with E-state index in [1.54, 1.807) is 0 Å². The van der Waals surface area contributed by atoms with E-state index in [9.17, 15) is 14.4 Å². The van der Waals surface area contributed by atoms with Crippen molar-refractivity contribution < 1.29 is 28.6 Å². The molecule has 0 rings (SSSR count). The zero-order chi connectivity index (χ0) is 53.6. The van der Waals surface area contributed by atoms with Crippen LogP contribution < -0.4 is 0 Å². The molecule has 0 aliphatic rings. The number of rotatable bonds is 59. The number of allylic oxidation sites excluding steroid dienone is 10. The topological polar surface area (TPSA) is 78.9 Å². The third-order valence-electron chi connectivity index (χ3n) is 14.2. The molecule has 6 nitrogen and oxygen atoms in total. The lowest BCUT2D eigenvalue weighted by atomic mass is 10.1. The van der Waals surface area contributed by atoms with Crippen LogP contribution in [0.1, 0.15) is 335 Å². The van der Waals surface area contributed by atoms with Crippen LogP contribution in [0, 0.1) is 0 Å². The maximum atomic E-state index is 12.9. The Morgan fingerprint density at radius 3 is 0.770 bits per heavy atom.